The summed E-state index contributed by atoms with van der Waals surface area (Å²) in [5.41, 5.74) is 0.235. The zero-order valence-electron chi connectivity index (χ0n) is 10.7. The van der Waals surface area contributed by atoms with Crippen LogP contribution in [0, 0.1) is 5.41 Å². The molecule has 0 amide bonds. The molecular formula is C12H22O4S. The summed E-state index contributed by atoms with van der Waals surface area (Å²) >= 11 is 1.24. The van der Waals surface area contributed by atoms with E-state index in [4.69, 9.17) is 10.2 Å². The first-order valence-corrected chi connectivity index (χ1v) is 6.95. The van der Waals surface area contributed by atoms with Crippen LogP contribution in [0.5, 0.6) is 0 Å². The Morgan fingerprint density at radius 2 is 1.76 bits per heavy atom. The molecule has 0 fully saturated rings. The van der Waals surface area contributed by atoms with Crippen LogP contribution in [-0.4, -0.2) is 33.2 Å². The normalized spacial score (nSPS) is 13.4. The van der Waals surface area contributed by atoms with Gasteiger partial charge in [0.25, 0.3) is 0 Å². The van der Waals surface area contributed by atoms with Gasteiger partial charge in [0.05, 0.1) is 6.42 Å². The molecule has 0 aromatic heterocycles. The lowest BCUT2D eigenvalue weighted by Crippen LogP contribution is -2.22. The fourth-order valence-electron chi connectivity index (χ4n) is 1.43. The Balaban J connectivity index is 4.14. The lowest BCUT2D eigenvalue weighted by atomic mass is 9.82. The van der Waals surface area contributed by atoms with Gasteiger partial charge >= 0.3 is 11.9 Å². The topological polar surface area (TPSA) is 74.6 Å². The van der Waals surface area contributed by atoms with Crippen molar-refractivity contribution in [2.45, 2.75) is 51.7 Å². The molecule has 0 aromatic carbocycles. The molecule has 17 heavy (non-hydrogen) atoms. The fraction of sp³-hybridized carbons (Fsp3) is 0.833. The maximum atomic E-state index is 10.8. The third-order valence-corrected chi connectivity index (χ3v) is 4.58. The van der Waals surface area contributed by atoms with Crippen molar-refractivity contribution < 1.29 is 19.8 Å². The molecule has 1 atom stereocenters. The van der Waals surface area contributed by atoms with Crippen LogP contribution >= 0.6 is 11.8 Å². The van der Waals surface area contributed by atoms with Gasteiger partial charge in [-0.2, -0.15) is 0 Å². The predicted octanol–water partition coefficient (Wildman–Crippen LogP) is 2.86. The molecule has 100 valence electrons. The first-order valence-electron chi connectivity index (χ1n) is 5.91. The minimum Gasteiger partial charge on any atom is -0.481 e. The SMILES string of the molecule is CCC(C)(CC)CCSC(CC(=O)O)C(=O)O. The van der Waals surface area contributed by atoms with E-state index < -0.39 is 17.2 Å². The lowest BCUT2D eigenvalue weighted by Gasteiger charge is -2.26. The first kappa shape index (κ1) is 16.3. The average molecular weight is 262 g/mol. The van der Waals surface area contributed by atoms with Crippen LogP contribution < -0.4 is 0 Å². The van der Waals surface area contributed by atoms with Crippen molar-refractivity contribution in [1.29, 1.82) is 0 Å². The second kappa shape index (κ2) is 7.58. The number of carbonyl (C=O) groups is 2. The summed E-state index contributed by atoms with van der Waals surface area (Å²) in [5.74, 6) is -1.40. The van der Waals surface area contributed by atoms with E-state index in [0.29, 0.717) is 5.75 Å². The Morgan fingerprint density at radius 1 is 1.24 bits per heavy atom. The van der Waals surface area contributed by atoms with Crippen LogP contribution in [0.2, 0.25) is 0 Å². The van der Waals surface area contributed by atoms with Gasteiger partial charge in [-0.15, -0.1) is 11.8 Å². The van der Waals surface area contributed by atoms with Gasteiger partial charge in [-0.25, -0.2) is 0 Å². The fourth-order valence-corrected chi connectivity index (χ4v) is 2.73. The third kappa shape index (κ3) is 6.56. The van der Waals surface area contributed by atoms with Crippen LogP contribution in [0.25, 0.3) is 0 Å². The van der Waals surface area contributed by atoms with E-state index in [-0.39, 0.29) is 11.8 Å². The van der Waals surface area contributed by atoms with Crippen molar-refractivity contribution in [2.24, 2.45) is 5.41 Å². The molecule has 0 aliphatic carbocycles. The van der Waals surface area contributed by atoms with Crippen LogP contribution in [0.15, 0.2) is 0 Å². The van der Waals surface area contributed by atoms with Gasteiger partial charge < -0.3 is 10.2 Å². The van der Waals surface area contributed by atoms with Crippen LogP contribution in [0.1, 0.15) is 46.5 Å². The van der Waals surface area contributed by atoms with E-state index in [9.17, 15) is 9.59 Å². The molecule has 0 heterocycles. The summed E-state index contributed by atoms with van der Waals surface area (Å²) in [6.07, 6.45) is 2.73. The van der Waals surface area contributed by atoms with E-state index in [0.717, 1.165) is 19.3 Å². The van der Waals surface area contributed by atoms with Crippen molar-refractivity contribution in [2.75, 3.05) is 5.75 Å². The highest BCUT2D eigenvalue weighted by Crippen LogP contribution is 2.32. The van der Waals surface area contributed by atoms with Crippen molar-refractivity contribution in [3.8, 4) is 0 Å². The Morgan fingerprint density at radius 3 is 2.12 bits per heavy atom. The van der Waals surface area contributed by atoms with E-state index in [1.165, 1.54) is 11.8 Å². The molecule has 2 N–H and O–H groups in total. The van der Waals surface area contributed by atoms with Gasteiger partial charge in [0.2, 0.25) is 0 Å². The largest absolute Gasteiger partial charge is 0.481 e. The number of carboxylic acids is 2. The zero-order chi connectivity index (χ0) is 13.5. The molecule has 0 saturated heterocycles. The highest BCUT2D eigenvalue weighted by Gasteiger charge is 2.24. The van der Waals surface area contributed by atoms with Crippen LogP contribution in [0.3, 0.4) is 0 Å². The molecular weight excluding hydrogens is 240 g/mol. The van der Waals surface area contributed by atoms with Gasteiger partial charge in [-0.3, -0.25) is 9.59 Å². The zero-order valence-corrected chi connectivity index (χ0v) is 11.5. The molecule has 0 saturated carbocycles. The summed E-state index contributed by atoms with van der Waals surface area (Å²) in [6, 6.07) is 0. The van der Waals surface area contributed by atoms with Gasteiger partial charge in [0.15, 0.2) is 0 Å². The second-order valence-electron chi connectivity index (χ2n) is 4.56. The standard InChI is InChI=1S/C12H22O4S/c1-4-12(3,5-2)6-7-17-9(11(15)16)8-10(13)14/h9H,4-8H2,1-3H3,(H,13,14)(H,15,16). The summed E-state index contributed by atoms with van der Waals surface area (Å²) < 4.78 is 0. The molecule has 0 radical (unpaired) electrons. The molecule has 0 bridgehead atoms. The number of aliphatic carboxylic acids is 2. The quantitative estimate of drug-likeness (QED) is 0.668. The number of rotatable bonds is 9. The van der Waals surface area contributed by atoms with Gasteiger partial charge in [0, 0.05) is 0 Å². The smallest absolute Gasteiger partial charge is 0.317 e. The summed E-state index contributed by atoms with van der Waals surface area (Å²) in [7, 11) is 0. The molecule has 0 spiro atoms. The second-order valence-corrected chi connectivity index (χ2v) is 5.87. The van der Waals surface area contributed by atoms with Gasteiger partial charge in [0.1, 0.15) is 5.25 Å². The minimum absolute atomic E-state index is 0.235. The number of hydrogen-bond donors (Lipinski definition) is 2. The van der Waals surface area contributed by atoms with E-state index >= 15 is 0 Å². The maximum Gasteiger partial charge on any atom is 0.317 e. The van der Waals surface area contributed by atoms with Gasteiger partial charge in [-0.05, 0) is 17.6 Å². The van der Waals surface area contributed by atoms with Crippen LogP contribution in [0.4, 0.5) is 0 Å². The number of hydrogen-bond acceptors (Lipinski definition) is 3. The van der Waals surface area contributed by atoms with Crippen molar-refractivity contribution in [1.82, 2.24) is 0 Å². The molecule has 0 aromatic rings. The Bertz CT molecular complexity index is 261. The number of carboxylic acid groups (broad SMARTS) is 2. The van der Waals surface area contributed by atoms with E-state index in [2.05, 4.69) is 20.8 Å². The van der Waals surface area contributed by atoms with Crippen LogP contribution in [-0.2, 0) is 9.59 Å². The lowest BCUT2D eigenvalue weighted by molar-refractivity contribution is -0.142. The van der Waals surface area contributed by atoms with E-state index in [1.807, 2.05) is 0 Å². The molecule has 5 heteroatoms. The molecule has 1 unspecified atom stereocenters. The summed E-state index contributed by atoms with van der Waals surface area (Å²) in [6.45, 7) is 6.43. The monoisotopic (exact) mass is 262 g/mol. The van der Waals surface area contributed by atoms with Crippen molar-refractivity contribution in [3.05, 3.63) is 0 Å². The summed E-state index contributed by atoms with van der Waals surface area (Å²) in [4.78, 5) is 21.4. The predicted molar refractivity (Wildman–Crippen MR) is 69.4 cm³/mol. The van der Waals surface area contributed by atoms with E-state index in [1.54, 1.807) is 0 Å². The molecule has 4 nitrogen and oxygen atoms in total. The van der Waals surface area contributed by atoms with Crippen molar-refractivity contribution in [3.63, 3.8) is 0 Å². The average Bonchev–Trinajstić information content (AvgIpc) is 2.26. The molecule has 0 aliphatic rings. The minimum atomic E-state index is -1.06. The maximum absolute atomic E-state index is 10.8. The summed E-state index contributed by atoms with van der Waals surface area (Å²) in [5, 5.41) is 16.7. The first-order chi connectivity index (χ1) is 7.84. The Labute approximate surface area is 107 Å². The number of thioether (sulfide) groups is 1. The van der Waals surface area contributed by atoms with Gasteiger partial charge in [-0.1, -0.05) is 33.6 Å². The third-order valence-electron chi connectivity index (χ3n) is 3.37. The highest BCUT2D eigenvalue weighted by atomic mass is 32.2. The Hall–Kier alpha value is -0.710. The molecule has 0 aliphatic heterocycles. The Kier molecular flexibility index (Phi) is 7.27. The highest BCUT2D eigenvalue weighted by molar-refractivity contribution is 8.00. The molecule has 0 rings (SSSR count). The van der Waals surface area contributed by atoms with Crippen molar-refractivity contribution >= 4 is 23.7 Å².